The van der Waals surface area contributed by atoms with E-state index in [1.165, 1.54) is 11.1 Å². The summed E-state index contributed by atoms with van der Waals surface area (Å²) in [5.74, 6) is 0. The van der Waals surface area contributed by atoms with Gasteiger partial charge in [-0.15, -0.1) is 0 Å². The second-order valence-electron chi connectivity index (χ2n) is 3.41. The summed E-state index contributed by atoms with van der Waals surface area (Å²) in [6.45, 7) is 5.98. The molecule has 0 atom stereocenters. The van der Waals surface area contributed by atoms with Crippen LogP contribution in [-0.4, -0.2) is 12.3 Å². The van der Waals surface area contributed by atoms with Crippen molar-refractivity contribution in [1.29, 1.82) is 5.26 Å². The lowest BCUT2D eigenvalue weighted by molar-refractivity contribution is 0.178. The van der Waals surface area contributed by atoms with Crippen molar-refractivity contribution >= 4 is 5.71 Å². The summed E-state index contributed by atoms with van der Waals surface area (Å²) in [5, 5.41) is 12.1. The van der Waals surface area contributed by atoms with Gasteiger partial charge >= 0.3 is 0 Å². The third-order valence-corrected chi connectivity index (χ3v) is 2.26. The van der Waals surface area contributed by atoms with Crippen LogP contribution in [0.4, 0.5) is 0 Å². The molecule has 1 aromatic rings. The molecule has 0 fully saturated rings. The average Bonchev–Trinajstić information content (AvgIpc) is 2.22. The van der Waals surface area contributed by atoms with E-state index in [-0.39, 0.29) is 6.61 Å². The molecule has 0 heterocycles. The molecular weight excluding hydrogens is 188 g/mol. The van der Waals surface area contributed by atoms with Crippen LogP contribution < -0.4 is 0 Å². The monoisotopic (exact) mass is 202 g/mol. The van der Waals surface area contributed by atoms with E-state index < -0.39 is 0 Å². The highest BCUT2D eigenvalue weighted by Gasteiger charge is 2.00. The molecule has 1 aromatic carbocycles. The standard InChI is InChI=1S/C12H14N2O/c1-9-4-5-12(8-10(9)2)11(3)14-15-7-6-13/h4-5,8H,7H2,1-3H3/b14-11-. The number of nitriles is 1. The second kappa shape index (κ2) is 5.16. The first-order valence-electron chi connectivity index (χ1n) is 4.76. The van der Waals surface area contributed by atoms with Crippen molar-refractivity contribution in [3.05, 3.63) is 34.9 Å². The van der Waals surface area contributed by atoms with E-state index in [1.807, 2.05) is 25.1 Å². The van der Waals surface area contributed by atoms with E-state index in [4.69, 9.17) is 10.1 Å². The Morgan fingerprint density at radius 3 is 2.73 bits per heavy atom. The van der Waals surface area contributed by atoms with E-state index in [1.54, 1.807) is 0 Å². The normalized spacial score (nSPS) is 10.9. The minimum atomic E-state index is -0.0117. The minimum absolute atomic E-state index is 0.0117. The van der Waals surface area contributed by atoms with Crippen LogP contribution in [0, 0.1) is 25.2 Å². The van der Waals surface area contributed by atoms with Crippen molar-refractivity contribution in [2.24, 2.45) is 5.16 Å². The summed E-state index contributed by atoms with van der Waals surface area (Å²) in [7, 11) is 0. The fourth-order valence-corrected chi connectivity index (χ4v) is 1.18. The third kappa shape index (κ3) is 3.10. The molecule has 3 heteroatoms. The van der Waals surface area contributed by atoms with E-state index in [0.717, 1.165) is 11.3 Å². The zero-order valence-corrected chi connectivity index (χ0v) is 9.24. The Hall–Kier alpha value is -1.82. The maximum atomic E-state index is 8.29. The van der Waals surface area contributed by atoms with E-state index in [2.05, 4.69) is 25.1 Å². The Morgan fingerprint density at radius 2 is 2.13 bits per heavy atom. The third-order valence-electron chi connectivity index (χ3n) is 2.26. The summed E-state index contributed by atoms with van der Waals surface area (Å²) in [5.41, 5.74) is 4.29. The van der Waals surface area contributed by atoms with Gasteiger partial charge in [-0.2, -0.15) is 5.26 Å². The highest BCUT2D eigenvalue weighted by Crippen LogP contribution is 2.10. The topological polar surface area (TPSA) is 45.4 Å². The van der Waals surface area contributed by atoms with Gasteiger partial charge in [-0.3, -0.25) is 0 Å². The molecule has 0 spiro atoms. The van der Waals surface area contributed by atoms with Gasteiger partial charge in [-0.05, 0) is 43.5 Å². The van der Waals surface area contributed by atoms with Crippen LogP contribution in [0.3, 0.4) is 0 Å². The molecule has 78 valence electrons. The maximum absolute atomic E-state index is 8.29. The van der Waals surface area contributed by atoms with E-state index in [0.29, 0.717) is 0 Å². The van der Waals surface area contributed by atoms with Gasteiger partial charge in [0.05, 0.1) is 5.71 Å². The van der Waals surface area contributed by atoms with Crippen molar-refractivity contribution in [3.63, 3.8) is 0 Å². The second-order valence-corrected chi connectivity index (χ2v) is 3.41. The molecule has 0 saturated carbocycles. The largest absolute Gasteiger partial charge is 0.380 e. The fraction of sp³-hybridized carbons (Fsp3) is 0.333. The van der Waals surface area contributed by atoms with Crippen LogP contribution in [0.1, 0.15) is 23.6 Å². The molecule has 0 saturated heterocycles. The van der Waals surface area contributed by atoms with Crippen LogP contribution in [0.5, 0.6) is 0 Å². The SMILES string of the molecule is C/C(=N/OCC#N)c1ccc(C)c(C)c1. The minimum Gasteiger partial charge on any atom is -0.380 e. The number of hydrogen-bond donors (Lipinski definition) is 0. The molecule has 0 amide bonds. The summed E-state index contributed by atoms with van der Waals surface area (Å²) in [6, 6.07) is 7.97. The Morgan fingerprint density at radius 1 is 1.40 bits per heavy atom. The number of aryl methyl sites for hydroxylation is 2. The lowest BCUT2D eigenvalue weighted by Gasteiger charge is -2.04. The van der Waals surface area contributed by atoms with Crippen LogP contribution in [0.15, 0.2) is 23.4 Å². The predicted molar refractivity (Wildman–Crippen MR) is 59.7 cm³/mol. The van der Waals surface area contributed by atoms with Gasteiger partial charge in [0.25, 0.3) is 0 Å². The Kier molecular flexibility index (Phi) is 3.87. The molecule has 3 nitrogen and oxygen atoms in total. The zero-order chi connectivity index (χ0) is 11.3. The van der Waals surface area contributed by atoms with Crippen molar-refractivity contribution in [1.82, 2.24) is 0 Å². The van der Waals surface area contributed by atoms with Gasteiger partial charge in [-0.1, -0.05) is 17.3 Å². The van der Waals surface area contributed by atoms with Crippen molar-refractivity contribution < 1.29 is 4.84 Å². The lowest BCUT2D eigenvalue weighted by atomic mass is 10.0. The molecule has 0 aliphatic rings. The number of nitrogens with zero attached hydrogens (tertiary/aromatic N) is 2. The number of benzene rings is 1. The molecule has 15 heavy (non-hydrogen) atoms. The van der Waals surface area contributed by atoms with Crippen molar-refractivity contribution in [2.45, 2.75) is 20.8 Å². The van der Waals surface area contributed by atoms with Crippen molar-refractivity contribution in [2.75, 3.05) is 6.61 Å². The molecule has 1 rings (SSSR count). The van der Waals surface area contributed by atoms with E-state index in [9.17, 15) is 0 Å². The highest BCUT2D eigenvalue weighted by atomic mass is 16.6. The first kappa shape index (κ1) is 11.3. The molecule has 0 aromatic heterocycles. The summed E-state index contributed by atoms with van der Waals surface area (Å²) >= 11 is 0. The van der Waals surface area contributed by atoms with Gasteiger partial charge < -0.3 is 4.84 Å². The zero-order valence-electron chi connectivity index (χ0n) is 9.24. The molecule has 0 N–H and O–H groups in total. The number of rotatable bonds is 3. The summed E-state index contributed by atoms with van der Waals surface area (Å²) < 4.78 is 0. The first-order chi connectivity index (χ1) is 7.15. The summed E-state index contributed by atoms with van der Waals surface area (Å²) in [6.07, 6.45) is 0. The highest BCUT2D eigenvalue weighted by molar-refractivity contribution is 5.98. The Balaban J connectivity index is 2.83. The Labute approximate surface area is 90.0 Å². The molecule has 0 aliphatic heterocycles. The predicted octanol–water partition coefficient (Wildman–Crippen LogP) is 2.57. The molecule has 0 bridgehead atoms. The Bertz CT molecular complexity index is 416. The van der Waals surface area contributed by atoms with Crippen LogP contribution in [0.25, 0.3) is 0 Å². The van der Waals surface area contributed by atoms with Crippen LogP contribution in [0.2, 0.25) is 0 Å². The smallest absolute Gasteiger partial charge is 0.202 e. The lowest BCUT2D eigenvalue weighted by Crippen LogP contribution is -1.98. The molecule has 0 radical (unpaired) electrons. The quantitative estimate of drug-likeness (QED) is 0.429. The fourth-order valence-electron chi connectivity index (χ4n) is 1.18. The van der Waals surface area contributed by atoms with E-state index >= 15 is 0 Å². The average molecular weight is 202 g/mol. The maximum Gasteiger partial charge on any atom is 0.202 e. The first-order valence-corrected chi connectivity index (χ1v) is 4.76. The van der Waals surface area contributed by atoms with Crippen LogP contribution in [-0.2, 0) is 4.84 Å². The van der Waals surface area contributed by atoms with Gasteiger partial charge in [0.1, 0.15) is 6.07 Å². The molecule has 0 unspecified atom stereocenters. The number of oxime groups is 1. The molecule has 0 aliphatic carbocycles. The van der Waals surface area contributed by atoms with Crippen LogP contribution >= 0.6 is 0 Å². The molecular formula is C12H14N2O. The summed E-state index contributed by atoms with van der Waals surface area (Å²) in [4.78, 5) is 4.80. The van der Waals surface area contributed by atoms with Crippen molar-refractivity contribution in [3.8, 4) is 6.07 Å². The van der Waals surface area contributed by atoms with Gasteiger partial charge in [-0.25, -0.2) is 0 Å². The van der Waals surface area contributed by atoms with Gasteiger partial charge in [0, 0.05) is 0 Å². The van der Waals surface area contributed by atoms with Gasteiger partial charge in [0.15, 0.2) is 0 Å². The van der Waals surface area contributed by atoms with Gasteiger partial charge in [0.2, 0.25) is 6.61 Å². The number of hydrogen-bond acceptors (Lipinski definition) is 3.